The van der Waals surface area contributed by atoms with Crippen LogP contribution in [0.3, 0.4) is 0 Å². The van der Waals surface area contributed by atoms with E-state index < -0.39 is 0 Å². The van der Waals surface area contributed by atoms with E-state index in [1.807, 2.05) is 38.0 Å². The summed E-state index contributed by atoms with van der Waals surface area (Å²) >= 11 is 0. The van der Waals surface area contributed by atoms with Crippen molar-refractivity contribution in [2.75, 3.05) is 87.1 Å². The third kappa shape index (κ3) is 8.45. The van der Waals surface area contributed by atoms with Crippen molar-refractivity contribution in [1.82, 2.24) is 34.7 Å². The minimum absolute atomic E-state index is 0.116. The second-order valence-corrected chi connectivity index (χ2v) is 15.4. The fourth-order valence-electron chi connectivity index (χ4n) is 9.43. The Balaban J connectivity index is 0.000000181. The molecule has 0 aromatic rings. The summed E-state index contributed by atoms with van der Waals surface area (Å²) in [6.07, 6.45) is 12.2. The van der Waals surface area contributed by atoms with Gasteiger partial charge in [0.1, 0.15) is 0 Å². The molecule has 6 aliphatic rings. The van der Waals surface area contributed by atoms with E-state index in [9.17, 15) is 9.59 Å². The Morgan fingerprint density at radius 1 is 0.717 bits per heavy atom. The number of nitrogens with one attached hydrogen (secondary N) is 1. The van der Waals surface area contributed by atoms with Crippen LogP contribution in [0.15, 0.2) is 0 Å². The highest BCUT2D eigenvalue weighted by atomic mass is 16.2. The van der Waals surface area contributed by atoms with Gasteiger partial charge < -0.3 is 24.9 Å². The quantitative estimate of drug-likeness (QED) is 0.407. The average molecular weight is 638 g/mol. The molecule has 4 heterocycles. The van der Waals surface area contributed by atoms with E-state index in [2.05, 4.69) is 24.8 Å². The van der Waals surface area contributed by atoms with E-state index in [4.69, 9.17) is 13.1 Å². The monoisotopic (exact) mass is 637 g/mol. The molecule has 0 aromatic heterocycles. The molecule has 4 saturated heterocycles. The number of likely N-dealkylation sites (tertiary alicyclic amines) is 4. The topological polar surface area (TPSA) is 74.3 Å². The molecule has 6 rings (SSSR count). The summed E-state index contributed by atoms with van der Waals surface area (Å²) in [6.45, 7) is 23.5. The number of amides is 4. The van der Waals surface area contributed by atoms with Crippen LogP contribution in [0.25, 0.3) is 9.69 Å². The molecule has 6 fully saturated rings. The zero-order valence-electron chi connectivity index (χ0n) is 28.9. The maximum absolute atomic E-state index is 12.1. The maximum Gasteiger partial charge on any atom is 0.319 e. The van der Waals surface area contributed by atoms with E-state index in [0.717, 1.165) is 95.9 Å². The van der Waals surface area contributed by atoms with Gasteiger partial charge in [0, 0.05) is 106 Å². The smallest absolute Gasteiger partial charge is 0.319 e. The maximum atomic E-state index is 12.1. The number of hydrogen-bond acceptors (Lipinski definition) is 5. The van der Waals surface area contributed by atoms with Crippen molar-refractivity contribution in [1.29, 1.82) is 0 Å². The minimum Gasteiger partial charge on any atom is -0.331 e. The van der Waals surface area contributed by atoms with Gasteiger partial charge >= 0.3 is 12.1 Å². The zero-order valence-corrected chi connectivity index (χ0v) is 28.9. The number of fused-ring (bicyclic) bond motifs is 2. The Bertz CT molecular complexity index is 1000. The molecule has 0 spiro atoms. The van der Waals surface area contributed by atoms with Gasteiger partial charge in [-0.3, -0.25) is 9.69 Å². The molecule has 0 bridgehead atoms. The van der Waals surface area contributed by atoms with Gasteiger partial charge in [-0.2, -0.15) is 0 Å². The van der Waals surface area contributed by atoms with Crippen LogP contribution in [0.1, 0.15) is 64.2 Å². The van der Waals surface area contributed by atoms with E-state index in [1.54, 1.807) is 9.80 Å². The molecule has 0 aromatic carbocycles. The Morgan fingerprint density at radius 3 is 1.63 bits per heavy atom. The van der Waals surface area contributed by atoms with Gasteiger partial charge in [-0.25, -0.2) is 32.5 Å². The standard InChI is InChI=1S/C18H30N4O.C17H29N5O/c1-19-17-7-5-9-21(17)8-4-6-14-10-15-12-22(13-16(15)11-14)18(23)20(2)3;1-18-16-5-4-7-21(16)8-6-19-15-9-13-11-22(12-14(13)10-15)17(23)20(2)3/h14-17H,4-13H2,2-3H3;13-16,19H,4-12H2,2-3H3/t14?,15-,16+,17-;13-,14+,15?,16-/m00/s1. The molecule has 0 radical (unpaired) electrons. The van der Waals surface area contributed by atoms with E-state index >= 15 is 0 Å². The molecule has 2 unspecified atom stereocenters. The number of nitrogens with zero attached hydrogens (tertiary/aromatic N) is 8. The molecule has 11 heteroatoms. The van der Waals surface area contributed by atoms with Gasteiger partial charge in [-0.1, -0.05) is 0 Å². The summed E-state index contributed by atoms with van der Waals surface area (Å²) in [7, 11) is 7.34. The third-order valence-corrected chi connectivity index (χ3v) is 11.8. The van der Waals surface area contributed by atoms with Crippen LogP contribution in [-0.2, 0) is 0 Å². The van der Waals surface area contributed by atoms with Gasteiger partial charge in [-0.15, -0.1) is 0 Å². The molecule has 2 aliphatic carbocycles. The summed E-state index contributed by atoms with van der Waals surface area (Å²) in [4.78, 5) is 43.7. The fourth-order valence-corrected chi connectivity index (χ4v) is 9.43. The first kappa shape index (κ1) is 34.7. The van der Waals surface area contributed by atoms with Crippen molar-refractivity contribution in [3.63, 3.8) is 0 Å². The lowest BCUT2D eigenvalue weighted by Gasteiger charge is -2.23. The predicted molar refractivity (Wildman–Crippen MR) is 181 cm³/mol. The molecule has 46 heavy (non-hydrogen) atoms. The highest BCUT2D eigenvalue weighted by Crippen LogP contribution is 2.43. The minimum atomic E-state index is 0.116. The van der Waals surface area contributed by atoms with Gasteiger partial charge in [0.25, 0.3) is 12.3 Å². The number of carbonyl (C=O) groups is 2. The number of rotatable bonds is 8. The molecule has 8 atom stereocenters. The van der Waals surface area contributed by atoms with Crippen LogP contribution < -0.4 is 5.32 Å². The Labute approximate surface area is 278 Å². The van der Waals surface area contributed by atoms with Crippen LogP contribution in [0, 0.1) is 42.7 Å². The summed E-state index contributed by atoms with van der Waals surface area (Å²) in [5.74, 6) is 3.63. The lowest BCUT2D eigenvalue weighted by atomic mass is 9.99. The lowest BCUT2D eigenvalue weighted by molar-refractivity contribution is 0.176. The van der Waals surface area contributed by atoms with Gasteiger partial charge in [0.05, 0.1) is 0 Å². The van der Waals surface area contributed by atoms with E-state index in [1.165, 1.54) is 44.9 Å². The first-order valence-electron chi connectivity index (χ1n) is 18.0. The Hall–Kier alpha value is -2.60. The normalized spacial score (nSPS) is 33.7. The molecule has 2 saturated carbocycles. The first-order valence-corrected chi connectivity index (χ1v) is 18.0. The van der Waals surface area contributed by atoms with Crippen LogP contribution in [0.4, 0.5) is 9.59 Å². The molecule has 1 N–H and O–H groups in total. The molecular formula is C35H59N9O2. The van der Waals surface area contributed by atoms with Gasteiger partial charge in [0.15, 0.2) is 0 Å². The van der Waals surface area contributed by atoms with Crippen LogP contribution in [0.5, 0.6) is 0 Å². The summed E-state index contributed by atoms with van der Waals surface area (Å²) < 4.78 is 0. The second kappa shape index (κ2) is 16.0. The number of hydrogen-bond donors (Lipinski definition) is 1. The molecule has 11 nitrogen and oxygen atoms in total. The van der Waals surface area contributed by atoms with Gasteiger partial charge in [0.2, 0.25) is 0 Å². The van der Waals surface area contributed by atoms with E-state index in [0.29, 0.717) is 17.9 Å². The summed E-state index contributed by atoms with van der Waals surface area (Å²) in [6, 6.07) is 0.925. The predicted octanol–water partition coefficient (Wildman–Crippen LogP) is 4.06. The molecular weight excluding hydrogens is 578 g/mol. The second-order valence-electron chi connectivity index (χ2n) is 15.4. The molecule has 4 aliphatic heterocycles. The van der Waals surface area contributed by atoms with Crippen molar-refractivity contribution in [2.24, 2.45) is 29.6 Å². The van der Waals surface area contributed by atoms with Gasteiger partial charge in [-0.05, 0) is 81.0 Å². The van der Waals surface area contributed by atoms with Crippen molar-refractivity contribution in [2.45, 2.75) is 82.6 Å². The first-order chi connectivity index (χ1) is 22.2. The van der Waals surface area contributed by atoms with Crippen LogP contribution >= 0.6 is 0 Å². The van der Waals surface area contributed by atoms with Crippen molar-refractivity contribution < 1.29 is 9.59 Å². The Morgan fingerprint density at radius 2 is 1.17 bits per heavy atom. The van der Waals surface area contributed by atoms with Crippen molar-refractivity contribution >= 4 is 12.1 Å². The van der Waals surface area contributed by atoms with Crippen LogP contribution in [-0.4, -0.2) is 147 Å². The summed E-state index contributed by atoms with van der Waals surface area (Å²) in [5.41, 5.74) is 0. The highest BCUT2D eigenvalue weighted by molar-refractivity contribution is 5.74. The van der Waals surface area contributed by atoms with Crippen LogP contribution in [0.2, 0.25) is 0 Å². The van der Waals surface area contributed by atoms with Crippen molar-refractivity contribution in [3.8, 4) is 0 Å². The lowest BCUT2D eigenvalue weighted by Crippen LogP contribution is -2.40. The SMILES string of the molecule is [C-]#[N+][C@@H]1CCCN1CCCC1C[C@@H]2CN(C(=O)N(C)C)C[C@@H]2C1.[C-]#[N+][C@@H]1CCCN1CCNC1C[C@@H]2CN(C(=O)N(C)C)C[C@@H]2C1. The third-order valence-electron chi connectivity index (χ3n) is 11.8. The number of carbonyl (C=O) groups excluding carboxylic acids is 2. The number of urea groups is 2. The largest absolute Gasteiger partial charge is 0.331 e. The van der Waals surface area contributed by atoms with Crippen molar-refractivity contribution in [3.05, 3.63) is 22.8 Å². The molecule has 256 valence electrons. The average Bonchev–Trinajstić information content (AvgIpc) is 3.86. The fraction of sp³-hybridized carbons (Fsp3) is 0.886. The zero-order chi connectivity index (χ0) is 32.8. The molecule has 4 amide bonds. The van der Waals surface area contributed by atoms with E-state index in [-0.39, 0.29) is 24.4 Å². The summed E-state index contributed by atoms with van der Waals surface area (Å²) in [5, 5.41) is 3.69. The highest BCUT2D eigenvalue weighted by Gasteiger charge is 2.43. The Kier molecular flexibility index (Phi) is 12.1.